The van der Waals surface area contributed by atoms with Gasteiger partial charge in [0.15, 0.2) is 0 Å². The van der Waals surface area contributed by atoms with Crippen molar-refractivity contribution in [2.75, 3.05) is 12.8 Å². The number of carbonyl (C=O) groups is 1. The summed E-state index contributed by atoms with van der Waals surface area (Å²) in [5, 5.41) is 3.57. The van der Waals surface area contributed by atoms with Crippen molar-refractivity contribution in [1.29, 1.82) is 0 Å². The topological polar surface area (TPSA) is 32.3 Å². The number of nitrogens with one attached hydrogen (secondary N) is 1. The van der Waals surface area contributed by atoms with Crippen molar-refractivity contribution in [2.24, 2.45) is 11.8 Å². The van der Waals surface area contributed by atoms with Crippen LogP contribution < -0.4 is 5.32 Å². The minimum Gasteiger partial charge on any atom is -0.324 e. The number of rotatable bonds is 7. The van der Waals surface area contributed by atoms with Crippen molar-refractivity contribution in [3.05, 3.63) is 0 Å². The third kappa shape index (κ3) is 4.96. The Morgan fingerprint density at radius 3 is 2.20 bits per heavy atom. The van der Waals surface area contributed by atoms with Gasteiger partial charge in [0.05, 0.1) is 12.2 Å². The second-order valence-electron chi connectivity index (χ2n) is 7.42. The lowest BCUT2D eigenvalue weighted by molar-refractivity contribution is -0.130. The molecule has 1 heterocycles. The zero-order chi connectivity index (χ0) is 15.5. The quantitative estimate of drug-likeness (QED) is 0.782. The first-order chi connectivity index (χ1) is 9.16. The minimum absolute atomic E-state index is 0.0106. The molecular formula is C16H32N2OS. The largest absolute Gasteiger partial charge is 0.324 e. The molecule has 1 amide bonds. The van der Waals surface area contributed by atoms with E-state index in [-0.39, 0.29) is 17.0 Å². The standard InChI is InChI=1S/C16H32N2OS/c1-11(2)8-13-15(19)18(10-16(5,6)20-7)14(17-13)9-12(3)4/h11-14,17H,8-10H2,1-7H3. The summed E-state index contributed by atoms with van der Waals surface area (Å²) in [7, 11) is 0. The fourth-order valence-electron chi connectivity index (χ4n) is 2.69. The molecule has 0 saturated carbocycles. The molecule has 4 heteroatoms. The SMILES string of the molecule is CSC(C)(C)CN1C(=O)C(CC(C)C)NC1CC(C)C. The Balaban J connectivity index is 2.82. The van der Waals surface area contributed by atoms with E-state index in [1.54, 1.807) is 0 Å². The minimum atomic E-state index is 0.0106. The van der Waals surface area contributed by atoms with Crippen LogP contribution in [0.25, 0.3) is 0 Å². The Morgan fingerprint density at radius 2 is 1.75 bits per heavy atom. The van der Waals surface area contributed by atoms with Gasteiger partial charge < -0.3 is 4.90 Å². The van der Waals surface area contributed by atoms with Gasteiger partial charge in [0, 0.05) is 11.3 Å². The first kappa shape index (κ1) is 17.8. The normalized spacial score (nSPS) is 24.2. The lowest BCUT2D eigenvalue weighted by Crippen LogP contribution is -2.44. The van der Waals surface area contributed by atoms with Crippen molar-refractivity contribution in [3.8, 4) is 0 Å². The Morgan fingerprint density at radius 1 is 1.20 bits per heavy atom. The molecule has 0 aliphatic carbocycles. The summed E-state index contributed by atoms with van der Waals surface area (Å²) in [6, 6.07) is 0.0106. The molecule has 0 bridgehead atoms. The maximum Gasteiger partial charge on any atom is 0.241 e. The van der Waals surface area contributed by atoms with Crippen molar-refractivity contribution in [2.45, 2.75) is 71.3 Å². The van der Waals surface area contributed by atoms with Gasteiger partial charge in [0.1, 0.15) is 0 Å². The van der Waals surface area contributed by atoms with Crippen LogP contribution >= 0.6 is 11.8 Å². The van der Waals surface area contributed by atoms with Gasteiger partial charge in [-0.25, -0.2) is 0 Å². The van der Waals surface area contributed by atoms with Crippen LogP contribution in [0.2, 0.25) is 0 Å². The van der Waals surface area contributed by atoms with Gasteiger partial charge >= 0.3 is 0 Å². The van der Waals surface area contributed by atoms with Crippen LogP contribution in [-0.4, -0.2) is 40.6 Å². The zero-order valence-corrected chi connectivity index (χ0v) is 15.0. The molecule has 3 nitrogen and oxygen atoms in total. The first-order valence-corrected chi connectivity index (χ1v) is 9.00. The van der Waals surface area contributed by atoms with Crippen LogP contribution in [-0.2, 0) is 4.79 Å². The summed E-state index contributed by atoms with van der Waals surface area (Å²) in [4.78, 5) is 14.8. The van der Waals surface area contributed by atoms with E-state index in [4.69, 9.17) is 0 Å². The highest BCUT2D eigenvalue weighted by atomic mass is 32.2. The molecule has 1 fully saturated rings. The molecule has 0 aromatic carbocycles. The van der Waals surface area contributed by atoms with Crippen molar-refractivity contribution < 1.29 is 4.79 Å². The van der Waals surface area contributed by atoms with Gasteiger partial charge in [-0.1, -0.05) is 27.7 Å². The monoisotopic (exact) mass is 300 g/mol. The fourth-order valence-corrected chi connectivity index (χ4v) is 2.96. The summed E-state index contributed by atoms with van der Waals surface area (Å²) in [6.07, 6.45) is 4.29. The van der Waals surface area contributed by atoms with Crippen LogP contribution in [0.15, 0.2) is 0 Å². The molecule has 0 aromatic rings. The molecule has 20 heavy (non-hydrogen) atoms. The van der Waals surface area contributed by atoms with E-state index in [1.807, 2.05) is 11.8 Å². The van der Waals surface area contributed by atoms with Gasteiger partial charge in [-0.2, -0.15) is 11.8 Å². The van der Waals surface area contributed by atoms with E-state index in [2.05, 4.69) is 58.0 Å². The number of carbonyl (C=O) groups excluding carboxylic acids is 1. The van der Waals surface area contributed by atoms with Crippen molar-refractivity contribution >= 4 is 17.7 Å². The summed E-state index contributed by atoms with van der Waals surface area (Å²) in [6.45, 7) is 14.1. The van der Waals surface area contributed by atoms with Crippen molar-refractivity contribution in [1.82, 2.24) is 10.2 Å². The van der Waals surface area contributed by atoms with E-state index in [9.17, 15) is 4.79 Å². The fraction of sp³-hybridized carbons (Fsp3) is 0.938. The van der Waals surface area contributed by atoms with Crippen LogP contribution in [0.5, 0.6) is 0 Å². The van der Waals surface area contributed by atoms with Crippen LogP contribution in [0.3, 0.4) is 0 Å². The highest BCUT2D eigenvalue weighted by Gasteiger charge is 2.40. The Kier molecular flexibility index (Phi) is 6.39. The van der Waals surface area contributed by atoms with Crippen LogP contribution in [0, 0.1) is 11.8 Å². The van der Waals surface area contributed by atoms with Crippen LogP contribution in [0.1, 0.15) is 54.4 Å². The van der Waals surface area contributed by atoms with E-state index in [0.29, 0.717) is 17.7 Å². The molecule has 2 atom stereocenters. The lowest BCUT2D eigenvalue weighted by atomic mass is 10.0. The molecule has 2 unspecified atom stereocenters. The molecular weight excluding hydrogens is 268 g/mol. The molecule has 0 spiro atoms. The number of hydrogen-bond acceptors (Lipinski definition) is 3. The van der Waals surface area contributed by atoms with Gasteiger partial charge in [-0.15, -0.1) is 0 Å². The molecule has 1 N–H and O–H groups in total. The highest BCUT2D eigenvalue weighted by molar-refractivity contribution is 7.99. The van der Waals surface area contributed by atoms with E-state index in [0.717, 1.165) is 19.4 Å². The summed E-state index contributed by atoms with van der Waals surface area (Å²) in [5.41, 5.74) is 0. The molecule has 0 aromatic heterocycles. The average Bonchev–Trinajstić information content (AvgIpc) is 2.56. The molecule has 0 radical (unpaired) electrons. The molecule has 1 saturated heterocycles. The molecule has 118 valence electrons. The molecule has 1 aliphatic heterocycles. The summed E-state index contributed by atoms with van der Waals surface area (Å²) < 4.78 is 0.110. The van der Waals surface area contributed by atoms with Gasteiger partial charge in [-0.3, -0.25) is 10.1 Å². The zero-order valence-electron chi connectivity index (χ0n) is 14.2. The number of nitrogens with zero attached hydrogens (tertiary/aromatic N) is 1. The maximum absolute atomic E-state index is 12.7. The molecule has 1 aliphatic rings. The number of thioether (sulfide) groups is 1. The average molecular weight is 301 g/mol. The second-order valence-corrected chi connectivity index (χ2v) is 8.94. The van der Waals surface area contributed by atoms with Gasteiger partial charge in [-0.05, 0) is 44.8 Å². The Bertz CT molecular complexity index is 328. The smallest absolute Gasteiger partial charge is 0.241 e. The van der Waals surface area contributed by atoms with Crippen LogP contribution in [0.4, 0.5) is 0 Å². The molecule has 1 rings (SSSR count). The van der Waals surface area contributed by atoms with E-state index in [1.165, 1.54) is 0 Å². The summed E-state index contributed by atoms with van der Waals surface area (Å²) >= 11 is 1.83. The maximum atomic E-state index is 12.7. The number of amides is 1. The van der Waals surface area contributed by atoms with Gasteiger partial charge in [0.25, 0.3) is 0 Å². The third-order valence-corrected chi connectivity index (χ3v) is 5.09. The second kappa shape index (κ2) is 7.17. The van der Waals surface area contributed by atoms with Gasteiger partial charge in [0.2, 0.25) is 5.91 Å². The Labute approximate surface area is 129 Å². The summed E-state index contributed by atoms with van der Waals surface area (Å²) in [5.74, 6) is 1.44. The first-order valence-electron chi connectivity index (χ1n) is 7.78. The third-order valence-electron chi connectivity index (χ3n) is 3.86. The van der Waals surface area contributed by atoms with E-state index < -0.39 is 0 Å². The lowest BCUT2D eigenvalue weighted by Gasteiger charge is -2.33. The number of hydrogen-bond donors (Lipinski definition) is 1. The highest BCUT2D eigenvalue weighted by Crippen LogP contribution is 2.28. The van der Waals surface area contributed by atoms with E-state index >= 15 is 0 Å². The Hall–Kier alpha value is -0.220. The predicted octanol–water partition coefficient (Wildman–Crippen LogP) is 3.35. The van der Waals surface area contributed by atoms with Crippen molar-refractivity contribution in [3.63, 3.8) is 0 Å². The predicted molar refractivity (Wildman–Crippen MR) is 88.9 cm³/mol.